The number of hydrogen-bond acceptors (Lipinski definition) is 2. The summed E-state index contributed by atoms with van der Waals surface area (Å²) in [5.41, 5.74) is 9.76. The minimum atomic E-state index is -0.0885. The second kappa shape index (κ2) is 6.20. The van der Waals surface area contributed by atoms with Crippen LogP contribution in [0.4, 0.5) is 0 Å². The lowest BCUT2D eigenvalue weighted by molar-refractivity contribution is -0.126. The number of carbonyl (C=O) groups is 1. The number of aryl methyl sites for hydroxylation is 2. The van der Waals surface area contributed by atoms with Gasteiger partial charge in [-0.1, -0.05) is 32.0 Å². The molecule has 3 heteroatoms. The van der Waals surface area contributed by atoms with Gasteiger partial charge in [0.25, 0.3) is 0 Å². The van der Waals surface area contributed by atoms with Gasteiger partial charge in [0.1, 0.15) is 0 Å². The van der Waals surface area contributed by atoms with E-state index in [1.807, 2.05) is 13.8 Å². The smallest absolute Gasteiger partial charge is 0.224 e. The average Bonchev–Trinajstić information content (AvgIpc) is 2.84. The zero-order chi connectivity index (χ0) is 13.8. The number of rotatable bonds is 5. The number of benzene rings is 1. The largest absolute Gasteiger partial charge is 0.352 e. The molecule has 0 bridgehead atoms. The topological polar surface area (TPSA) is 55.1 Å². The Morgan fingerprint density at radius 3 is 2.74 bits per heavy atom. The molecule has 0 saturated carbocycles. The normalized spacial score (nSPS) is 15.4. The molecule has 104 valence electrons. The minimum absolute atomic E-state index is 0.0676. The Hall–Kier alpha value is -1.35. The fourth-order valence-electron chi connectivity index (χ4n) is 2.74. The molecule has 1 aliphatic rings. The summed E-state index contributed by atoms with van der Waals surface area (Å²) in [7, 11) is 0. The molecule has 0 radical (unpaired) electrons. The molecule has 1 amide bonds. The molecule has 0 aromatic heterocycles. The van der Waals surface area contributed by atoms with Crippen LogP contribution in [0.2, 0.25) is 0 Å². The molecule has 0 aliphatic heterocycles. The molecule has 0 heterocycles. The SMILES string of the molecule is CC(C)C(CN)C(=O)NCc1ccc2c(c1)CCC2. The molecule has 19 heavy (non-hydrogen) atoms. The van der Waals surface area contributed by atoms with Gasteiger partial charge in [0.15, 0.2) is 0 Å². The Kier molecular flexibility index (Phi) is 4.59. The highest BCUT2D eigenvalue weighted by Crippen LogP contribution is 2.22. The standard InChI is InChI=1S/C16H24N2O/c1-11(2)15(9-17)16(19)18-10-12-6-7-13-4-3-5-14(13)8-12/h6-8,11,15H,3-5,9-10,17H2,1-2H3,(H,18,19). The van der Waals surface area contributed by atoms with E-state index in [1.54, 1.807) is 0 Å². The van der Waals surface area contributed by atoms with Crippen LogP contribution in [0.1, 0.15) is 37.0 Å². The van der Waals surface area contributed by atoms with Gasteiger partial charge in [-0.05, 0) is 41.9 Å². The quantitative estimate of drug-likeness (QED) is 0.851. The Balaban J connectivity index is 1.93. The summed E-state index contributed by atoms with van der Waals surface area (Å²) in [6, 6.07) is 6.55. The molecular weight excluding hydrogens is 236 g/mol. The number of hydrogen-bond donors (Lipinski definition) is 2. The van der Waals surface area contributed by atoms with E-state index in [9.17, 15) is 4.79 Å². The first kappa shape index (κ1) is 14.1. The van der Waals surface area contributed by atoms with Gasteiger partial charge in [0.05, 0.1) is 5.92 Å². The van der Waals surface area contributed by atoms with Crippen LogP contribution < -0.4 is 11.1 Å². The van der Waals surface area contributed by atoms with E-state index in [0.717, 1.165) is 0 Å². The Morgan fingerprint density at radius 2 is 2.05 bits per heavy atom. The van der Waals surface area contributed by atoms with Crippen LogP contribution in [0.25, 0.3) is 0 Å². The maximum atomic E-state index is 12.0. The van der Waals surface area contributed by atoms with Crippen molar-refractivity contribution >= 4 is 5.91 Å². The van der Waals surface area contributed by atoms with Crippen molar-refractivity contribution in [3.63, 3.8) is 0 Å². The maximum Gasteiger partial charge on any atom is 0.224 e. The van der Waals surface area contributed by atoms with E-state index in [-0.39, 0.29) is 17.7 Å². The van der Waals surface area contributed by atoms with Crippen molar-refractivity contribution in [3.05, 3.63) is 34.9 Å². The van der Waals surface area contributed by atoms with Crippen LogP contribution in [0, 0.1) is 11.8 Å². The summed E-state index contributed by atoms with van der Waals surface area (Å²) in [5.74, 6) is 0.262. The van der Waals surface area contributed by atoms with Crippen LogP contribution in [0.3, 0.4) is 0 Å². The van der Waals surface area contributed by atoms with Crippen molar-refractivity contribution in [2.24, 2.45) is 17.6 Å². The maximum absolute atomic E-state index is 12.0. The minimum Gasteiger partial charge on any atom is -0.352 e. The third-order valence-electron chi connectivity index (χ3n) is 4.03. The first-order valence-corrected chi connectivity index (χ1v) is 7.20. The highest BCUT2D eigenvalue weighted by atomic mass is 16.1. The molecule has 1 aromatic rings. The highest BCUT2D eigenvalue weighted by Gasteiger charge is 2.20. The van der Waals surface area contributed by atoms with E-state index in [2.05, 4.69) is 23.5 Å². The zero-order valence-electron chi connectivity index (χ0n) is 11.9. The van der Waals surface area contributed by atoms with Crippen molar-refractivity contribution in [2.45, 2.75) is 39.7 Å². The summed E-state index contributed by atoms with van der Waals surface area (Å²) in [6.45, 7) is 5.09. The monoisotopic (exact) mass is 260 g/mol. The first-order valence-electron chi connectivity index (χ1n) is 7.20. The van der Waals surface area contributed by atoms with Gasteiger partial charge < -0.3 is 11.1 Å². The van der Waals surface area contributed by atoms with Crippen molar-refractivity contribution < 1.29 is 4.79 Å². The predicted octanol–water partition coefficient (Wildman–Crippen LogP) is 2.02. The average molecular weight is 260 g/mol. The molecule has 0 saturated heterocycles. The fraction of sp³-hybridized carbons (Fsp3) is 0.562. The van der Waals surface area contributed by atoms with Gasteiger partial charge >= 0.3 is 0 Å². The van der Waals surface area contributed by atoms with Crippen molar-refractivity contribution in [3.8, 4) is 0 Å². The first-order chi connectivity index (χ1) is 9.11. The highest BCUT2D eigenvalue weighted by molar-refractivity contribution is 5.79. The van der Waals surface area contributed by atoms with Crippen LogP contribution in [-0.2, 0) is 24.2 Å². The van der Waals surface area contributed by atoms with Gasteiger partial charge in [-0.3, -0.25) is 4.79 Å². The third-order valence-corrected chi connectivity index (χ3v) is 4.03. The fourth-order valence-corrected chi connectivity index (χ4v) is 2.74. The van der Waals surface area contributed by atoms with Gasteiger partial charge in [-0.2, -0.15) is 0 Å². The second-order valence-corrected chi connectivity index (χ2v) is 5.76. The molecule has 1 atom stereocenters. The molecule has 2 rings (SSSR count). The van der Waals surface area contributed by atoms with Gasteiger partial charge in [0.2, 0.25) is 5.91 Å². The predicted molar refractivity (Wildman–Crippen MR) is 77.7 cm³/mol. The summed E-state index contributed by atoms with van der Waals surface area (Å²) in [4.78, 5) is 12.0. The number of fused-ring (bicyclic) bond motifs is 1. The molecule has 1 aromatic carbocycles. The van der Waals surface area contributed by atoms with Gasteiger partial charge in [-0.25, -0.2) is 0 Å². The molecule has 3 N–H and O–H groups in total. The van der Waals surface area contributed by atoms with Crippen LogP contribution in [0.15, 0.2) is 18.2 Å². The summed E-state index contributed by atoms with van der Waals surface area (Å²) >= 11 is 0. The molecular formula is C16H24N2O. The Labute approximate surface area is 115 Å². The van der Waals surface area contributed by atoms with E-state index in [4.69, 9.17) is 5.73 Å². The number of nitrogens with one attached hydrogen (secondary N) is 1. The molecule has 1 aliphatic carbocycles. The van der Waals surface area contributed by atoms with Crippen LogP contribution >= 0.6 is 0 Å². The number of amides is 1. The van der Waals surface area contributed by atoms with Gasteiger partial charge in [0, 0.05) is 13.1 Å². The number of carbonyl (C=O) groups excluding carboxylic acids is 1. The van der Waals surface area contributed by atoms with Crippen molar-refractivity contribution in [1.82, 2.24) is 5.32 Å². The van der Waals surface area contributed by atoms with Crippen LogP contribution in [-0.4, -0.2) is 12.5 Å². The van der Waals surface area contributed by atoms with Crippen molar-refractivity contribution in [2.75, 3.05) is 6.54 Å². The van der Waals surface area contributed by atoms with Crippen LogP contribution in [0.5, 0.6) is 0 Å². The zero-order valence-corrected chi connectivity index (χ0v) is 11.9. The lowest BCUT2D eigenvalue weighted by atomic mass is 9.95. The van der Waals surface area contributed by atoms with Crippen molar-refractivity contribution in [1.29, 1.82) is 0 Å². The Bertz CT molecular complexity index is 454. The number of nitrogens with two attached hydrogens (primary N) is 1. The van der Waals surface area contributed by atoms with Gasteiger partial charge in [-0.15, -0.1) is 0 Å². The lowest BCUT2D eigenvalue weighted by Gasteiger charge is -2.18. The summed E-state index contributed by atoms with van der Waals surface area (Å²) < 4.78 is 0. The second-order valence-electron chi connectivity index (χ2n) is 5.76. The van der Waals surface area contributed by atoms with E-state index in [1.165, 1.54) is 36.0 Å². The van der Waals surface area contributed by atoms with E-state index >= 15 is 0 Å². The molecule has 3 nitrogen and oxygen atoms in total. The summed E-state index contributed by atoms with van der Waals surface area (Å²) in [6.07, 6.45) is 3.63. The lowest BCUT2D eigenvalue weighted by Crippen LogP contribution is -2.37. The third kappa shape index (κ3) is 3.35. The van der Waals surface area contributed by atoms with E-state index < -0.39 is 0 Å². The summed E-state index contributed by atoms with van der Waals surface area (Å²) in [5, 5.41) is 3.00. The molecule has 0 spiro atoms. The molecule has 1 unspecified atom stereocenters. The van der Waals surface area contributed by atoms with E-state index in [0.29, 0.717) is 13.1 Å². The Morgan fingerprint density at radius 1 is 1.32 bits per heavy atom. The molecule has 0 fully saturated rings.